The van der Waals surface area contributed by atoms with Crippen LogP contribution in [0.5, 0.6) is 5.75 Å². The van der Waals surface area contributed by atoms with Crippen LogP contribution < -0.4 is 15.2 Å². The Morgan fingerprint density at radius 2 is 2.14 bits per heavy atom. The van der Waals surface area contributed by atoms with Crippen LogP contribution in [0.4, 0.5) is 5.82 Å². The van der Waals surface area contributed by atoms with Gasteiger partial charge in [0.25, 0.3) is 5.56 Å². The lowest BCUT2D eigenvalue weighted by molar-refractivity contribution is 0.412. The van der Waals surface area contributed by atoms with E-state index in [0.29, 0.717) is 56.8 Å². The van der Waals surface area contributed by atoms with Crippen LogP contribution in [0.1, 0.15) is 23.9 Å². The lowest BCUT2D eigenvalue weighted by atomic mass is 10.0. The third kappa shape index (κ3) is 3.41. The zero-order valence-corrected chi connectivity index (χ0v) is 20.2. The van der Waals surface area contributed by atoms with Gasteiger partial charge in [0.2, 0.25) is 0 Å². The first-order chi connectivity index (χ1) is 16.6. The quantitative estimate of drug-likeness (QED) is 0.397. The first-order valence-corrected chi connectivity index (χ1v) is 10.9. The smallest absolute Gasteiger partial charge is 0.284 e. The molecule has 0 aliphatic carbocycles. The van der Waals surface area contributed by atoms with Crippen molar-refractivity contribution in [2.75, 3.05) is 18.6 Å². The third-order valence-electron chi connectivity index (χ3n) is 6.13. The van der Waals surface area contributed by atoms with E-state index in [1.807, 2.05) is 23.1 Å². The maximum atomic E-state index is 13.7. The molecule has 0 amide bonds. The molecule has 1 aromatic carbocycles. The predicted molar refractivity (Wildman–Crippen MR) is 136 cm³/mol. The maximum Gasteiger partial charge on any atom is 0.284 e. The van der Waals surface area contributed by atoms with Crippen LogP contribution >= 0.6 is 25.1 Å². The number of anilines is 1. The van der Waals surface area contributed by atoms with Crippen LogP contribution in [0.3, 0.4) is 0 Å². The Kier molecular flexibility index (Phi) is 5.62. The Balaban J connectivity index is 0.00000253. The lowest BCUT2D eigenvalue weighted by Gasteiger charge is -2.42. The van der Waals surface area contributed by atoms with Gasteiger partial charge in [0.05, 0.1) is 34.8 Å². The second-order valence-corrected chi connectivity index (χ2v) is 8.30. The monoisotopic (exact) mass is 506 g/mol. The number of nitrogens with one attached hydrogen (secondary N) is 1. The number of nitriles is 1. The van der Waals surface area contributed by atoms with Crippen LogP contribution in [0.15, 0.2) is 53.8 Å². The molecule has 4 aromatic heterocycles. The summed E-state index contributed by atoms with van der Waals surface area (Å²) in [4.78, 5) is 27.5. The molecule has 10 nitrogen and oxygen atoms in total. The summed E-state index contributed by atoms with van der Waals surface area (Å²) in [7, 11) is 1.58. The molecule has 35 heavy (non-hydrogen) atoms. The highest BCUT2D eigenvalue weighted by molar-refractivity contribution is 7.59. The van der Waals surface area contributed by atoms with E-state index in [-0.39, 0.29) is 25.1 Å². The second kappa shape index (κ2) is 8.65. The van der Waals surface area contributed by atoms with Crippen molar-refractivity contribution in [2.45, 2.75) is 12.5 Å². The van der Waals surface area contributed by atoms with Crippen molar-refractivity contribution in [3.8, 4) is 17.5 Å². The molecule has 5 aromatic rings. The topological polar surface area (TPSA) is 117 Å². The molecule has 0 bridgehead atoms. The first kappa shape index (κ1) is 22.8. The zero-order chi connectivity index (χ0) is 23.4. The van der Waals surface area contributed by atoms with Crippen LogP contribution in [-0.2, 0) is 0 Å². The number of hydrogen-bond donors (Lipinski definition) is 1. The second-order valence-electron chi connectivity index (χ2n) is 7.89. The Morgan fingerprint density at radius 3 is 2.89 bits per heavy atom. The highest BCUT2D eigenvalue weighted by atomic mass is 35.5. The number of ether oxygens (including phenoxy) is 1. The molecule has 1 aliphatic rings. The highest BCUT2D eigenvalue weighted by Gasteiger charge is 2.37. The lowest BCUT2D eigenvalue weighted by Crippen LogP contribution is -2.45. The van der Waals surface area contributed by atoms with Gasteiger partial charge in [-0.05, 0) is 24.6 Å². The summed E-state index contributed by atoms with van der Waals surface area (Å²) in [5, 5.41) is 15.3. The normalized spacial score (nSPS) is 15.0. The van der Waals surface area contributed by atoms with Gasteiger partial charge in [-0.15, -0.1) is 0 Å². The largest absolute Gasteiger partial charge is 0.497 e. The number of H-pyrrole nitrogens is 1. The molecule has 12 heteroatoms. The van der Waals surface area contributed by atoms with Crippen molar-refractivity contribution in [3.05, 3.63) is 75.8 Å². The van der Waals surface area contributed by atoms with E-state index >= 15 is 0 Å². The number of aromatic amines is 1. The number of halogens is 1. The average molecular weight is 507 g/mol. The maximum absolute atomic E-state index is 13.7. The summed E-state index contributed by atoms with van der Waals surface area (Å²) in [5.74, 6) is 1.77. The average Bonchev–Trinajstić information content (AvgIpc) is 3.42. The van der Waals surface area contributed by atoms with Gasteiger partial charge in [-0.2, -0.15) is 23.9 Å². The van der Waals surface area contributed by atoms with Gasteiger partial charge in [-0.3, -0.25) is 9.36 Å². The summed E-state index contributed by atoms with van der Waals surface area (Å²) in [6, 6.07) is 10.8. The fourth-order valence-electron chi connectivity index (χ4n) is 4.42. The minimum absolute atomic E-state index is 0. The molecule has 0 saturated carbocycles. The number of methoxy groups -OCH3 is 1. The van der Waals surface area contributed by atoms with Gasteiger partial charge in [0, 0.05) is 25.0 Å². The summed E-state index contributed by atoms with van der Waals surface area (Å²) in [6.07, 6.45) is 5.50. The summed E-state index contributed by atoms with van der Waals surface area (Å²) in [5.41, 5.74) is 1.67. The summed E-state index contributed by atoms with van der Waals surface area (Å²) >= 11 is 6.33. The van der Waals surface area contributed by atoms with E-state index in [1.54, 1.807) is 36.2 Å². The molecule has 1 N–H and O–H groups in total. The van der Waals surface area contributed by atoms with Gasteiger partial charge in [-0.1, -0.05) is 17.7 Å². The highest BCUT2D eigenvalue weighted by Crippen LogP contribution is 2.40. The molecule has 176 valence electrons. The van der Waals surface area contributed by atoms with Crippen LogP contribution in [0.2, 0.25) is 5.02 Å². The molecule has 5 heterocycles. The molecule has 0 radical (unpaired) electrons. The van der Waals surface area contributed by atoms with Gasteiger partial charge in [0.1, 0.15) is 35.1 Å². The number of benzene rings is 1. The van der Waals surface area contributed by atoms with Gasteiger partial charge in [0.15, 0.2) is 5.82 Å². The Bertz CT molecular complexity index is 1680. The van der Waals surface area contributed by atoms with Gasteiger partial charge in [-0.25, -0.2) is 14.5 Å². The van der Waals surface area contributed by atoms with Crippen molar-refractivity contribution < 1.29 is 4.74 Å². The van der Waals surface area contributed by atoms with Crippen molar-refractivity contribution >= 4 is 47.5 Å². The third-order valence-corrected chi connectivity index (χ3v) is 6.44. The number of fused-ring (bicyclic) bond motifs is 2. The van der Waals surface area contributed by atoms with E-state index in [9.17, 15) is 10.1 Å². The number of nitrogens with zero attached hydrogens (tertiary/aromatic N) is 7. The SMILES string of the molecule is COc1cccc(-n2c([C@@H]3CCN3c3ncnc4[nH]cc(C#N)c34)nn3ccc(Cl)c3c2=O)c1.S. The van der Waals surface area contributed by atoms with E-state index in [4.69, 9.17) is 21.4 Å². The van der Waals surface area contributed by atoms with Crippen molar-refractivity contribution in [3.63, 3.8) is 0 Å². The van der Waals surface area contributed by atoms with E-state index in [1.165, 1.54) is 10.8 Å². The Labute approximate surface area is 210 Å². The summed E-state index contributed by atoms with van der Waals surface area (Å²) < 4.78 is 8.46. The van der Waals surface area contributed by atoms with Crippen molar-refractivity contribution in [1.29, 1.82) is 5.26 Å². The van der Waals surface area contributed by atoms with Crippen molar-refractivity contribution in [2.24, 2.45) is 0 Å². The molecule has 1 atom stereocenters. The number of aromatic nitrogens is 6. The minimum atomic E-state index is -0.285. The molecule has 1 saturated heterocycles. The van der Waals surface area contributed by atoms with Gasteiger partial charge < -0.3 is 14.6 Å². The molecular formula is C23H19ClN8O2S. The molecule has 0 unspecified atom stereocenters. The Morgan fingerprint density at radius 1 is 1.29 bits per heavy atom. The summed E-state index contributed by atoms with van der Waals surface area (Å²) in [6.45, 7) is 0.686. The predicted octanol–water partition coefficient (Wildman–Crippen LogP) is 3.35. The van der Waals surface area contributed by atoms with Crippen molar-refractivity contribution in [1.82, 2.24) is 29.1 Å². The fourth-order valence-corrected chi connectivity index (χ4v) is 4.65. The standard InChI is InChI=1S/C23H17ClN8O2.H2S/c1-34-15-4-2-3-14(9-15)32-21(29-31-8-5-16(24)19(31)23(32)33)17-6-7-30(17)22-18-13(10-25)11-26-20(18)27-12-28-22;/h2-5,8-9,11-12,17H,6-7H2,1H3,(H,26,27,28);1H2/t17-;/m0./s1. The molecular weight excluding hydrogens is 488 g/mol. The molecule has 0 spiro atoms. The van der Waals surface area contributed by atoms with E-state index in [0.717, 1.165) is 6.42 Å². The zero-order valence-electron chi connectivity index (χ0n) is 18.4. The van der Waals surface area contributed by atoms with Crippen LogP contribution in [-0.4, -0.2) is 42.8 Å². The Hall–Kier alpha value is -4.01. The van der Waals surface area contributed by atoms with Gasteiger partial charge >= 0.3 is 0 Å². The van der Waals surface area contributed by atoms with E-state index < -0.39 is 0 Å². The molecule has 6 rings (SSSR count). The number of rotatable bonds is 4. The van der Waals surface area contributed by atoms with Crippen LogP contribution in [0.25, 0.3) is 22.2 Å². The van der Waals surface area contributed by atoms with Crippen LogP contribution in [0, 0.1) is 11.3 Å². The fraction of sp³-hybridized carbons (Fsp3) is 0.174. The molecule has 1 fully saturated rings. The minimum Gasteiger partial charge on any atom is -0.497 e. The molecule has 1 aliphatic heterocycles. The first-order valence-electron chi connectivity index (χ1n) is 10.5. The van der Waals surface area contributed by atoms with E-state index in [2.05, 4.69) is 21.0 Å². The number of hydrogen-bond acceptors (Lipinski definition) is 7.